The van der Waals surface area contributed by atoms with E-state index in [0.717, 1.165) is 32.1 Å². The van der Waals surface area contributed by atoms with Crippen LogP contribution in [0.2, 0.25) is 0 Å². The van der Waals surface area contributed by atoms with Crippen LogP contribution in [0.5, 0.6) is 0 Å². The normalized spacial score (nSPS) is 12.0. The minimum atomic E-state index is -0.137. The minimum Gasteiger partial charge on any atom is -0.379 e. The lowest BCUT2D eigenvalue weighted by molar-refractivity contribution is -0.120. The van der Waals surface area contributed by atoms with E-state index in [1.807, 2.05) is 0 Å². The average molecular weight is 311 g/mol. The molecule has 22 heavy (non-hydrogen) atoms. The molecule has 0 aromatic carbocycles. The summed E-state index contributed by atoms with van der Waals surface area (Å²) in [5.41, 5.74) is -0.266. The molecule has 0 saturated heterocycles. The van der Waals surface area contributed by atoms with Crippen LogP contribution in [0.15, 0.2) is 0 Å². The molecule has 0 saturated carbocycles. The zero-order valence-corrected chi connectivity index (χ0v) is 15.0. The van der Waals surface area contributed by atoms with Crippen molar-refractivity contribution >= 4 is 5.91 Å². The van der Waals surface area contributed by atoms with Crippen LogP contribution in [0.4, 0.5) is 0 Å². The monoisotopic (exact) mass is 311 g/mol. The third kappa shape index (κ3) is 11.6. The molecule has 0 aliphatic heterocycles. The molecule has 0 heterocycles. The maximum absolute atomic E-state index is 11.4. The van der Waals surface area contributed by atoms with Crippen molar-refractivity contribution in [2.24, 2.45) is 0 Å². The topological polar surface area (TPSA) is 47.6 Å². The Kier molecular flexibility index (Phi) is 10.1. The molecular weight excluding hydrogens is 278 g/mol. The van der Waals surface area contributed by atoms with Gasteiger partial charge in [0.2, 0.25) is 5.91 Å². The van der Waals surface area contributed by atoms with Gasteiger partial charge in [-0.25, -0.2) is 0 Å². The van der Waals surface area contributed by atoms with Gasteiger partial charge < -0.3 is 14.8 Å². The molecule has 4 nitrogen and oxygen atoms in total. The lowest BCUT2D eigenvalue weighted by atomic mass is 9.99. The van der Waals surface area contributed by atoms with Crippen molar-refractivity contribution < 1.29 is 14.3 Å². The molecule has 0 spiro atoms. The largest absolute Gasteiger partial charge is 0.379 e. The SMILES string of the molecule is C#CCNC(=O)CCCCCC(C)(C)OCCC(C)(C)OC. The van der Waals surface area contributed by atoms with Crippen molar-refractivity contribution in [1.82, 2.24) is 5.32 Å². The Morgan fingerprint density at radius 3 is 2.36 bits per heavy atom. The second-order valence-electron chi connectivity index (χ2n) is 6.86. The first-order valence-electron chi connectivity index (χ1n) is 8.12. The Balaban J connectivity index is 3.72. The molecule has 0 unspecified atom stereocenters. The number of rotatable bonds is 12. The smallest absolute Gasteiger partial charge is 0.220 e. The number of carbonyl (C=O) groups excluding carboxylic acids is 1. The number of ether oxygens (including phenoxy) is 2. The van der Waals surface area contributed by atoms with Crippen molar-refractivity contribution in [3.05, 3.63) is 0 Å². The van der Waals surface area contributed by atoms with Gasteiger partial charge in [0.15, 0.2) is 0 Å². The number of methoxy groups -OCH3 is 1. The molecule has 0 aliphatic rings. The summed E-state index contributed by atoms with van der Waals surface area (Å²) in [6, 6.07) is 0. The van der Waals surface area contributed by atoms with Gasteiger partial charge in [0.05, 0.1) is 24.4 Å². The van der Waals surface area contributed by atoms with Crippen LogP contribution < -0.4 is 5.32 Å². The quantitative estimate of drug-likeness (QED) is 0.444. The van der Waals surface area contributed by atoms with Crippen molar-refractivity contribution in [3.8, 4) is 12.3 Å². The van der Waals surface area contributed by atoms with E-state index in [1.54, 1.807) is 7.11 Å². The van der Waals surface area contributed by atoms with Crippen molar-refractivity contribution in [1.29, 1.82) is 0 Å². The Labute approximate surface area is 136 Å². The molecule has 0 aliphatic carbocycles. The van der Waals surface area contributed by atoms with E-state index in [1.165, 1.54) is 0 Å². The predicted molar refractivity (Wildman–Crippen MR) is 90.7 cm³/mol. The van der Waals surface area contributed by atoms with E-state index in [4.69, 9.17) is 15.9 Å². The van der Waals surface area contributed by atoms with Crippen LogP contribution in [0.25, 0.3) is 0 Å². The van der Waals surface area contributed by atoms with Gasteiger partial charge in [0.25, 0.3) is 0 Å². The second-order valence-corrected chi connectivity index (χ2v) is 6.86. The summed E-state index contributed by atoms with van der Waals surface area (Å²) in [5.74, 6) is 2.43. The molecule has 0 aromatic heterocycles. The highest BCUT2D eigenvalue weighted by molar-refractivity contribution is 5.76. The number of unbranched alkanes of at least 4 members (excludes halogenated alkanes) is 2. The second kappa shape index (κ2) is 10.6. The Morgan fingerprint density at radius 2 is 1.77 bits per heavy atom. The Hall–Kier alpha value is -1.05. The summed E-state index contributed by atoms with van der Waals surface area (Å²) in [6.45, 7) is 9.38. The zero-order chi connectivity index (χ0) is 17.1. The summed E-state index contributed by atoms with van der Waals surface area (Å²) in [7, 11) is 1.73. The first-order chi connectivity index (χ1) is 10.2. The highest BCUT2D eigenvalue weighted by Gasteiger charge is 2.21. The van der Waals surface area contributed by atoms with Crippen molar-refractivity contribution in [3.63, 3.8) is 0 Å². The summed E-state index contributed by atoms with van der Waals surface area (Å²) in [4.78, 5) is 11.4. The van der Waals surface area contributed by atoms with E-state index >= 15 is 0 Å². The van der Waals surface area contributed by atoms with Gasteiger partial charge in [-0.3, -0.25) is 4.79 Å². The van der Waals surface area contributed by atoms with Crippen molar-refractivity contribution in [2.45, 2.75) is 77.4 Å². The standard InChI is InChI=1S/C18H33NO3/c1-7-14-19-16(20)11-9-8-10-12-18(4,5)22-15-13-17(2,3)21-6/h1H,8-15H2,2-6H3,(H,19,20). The van der Waals surface area contributed by atoms with Gasteiger partial charge >= 0.3 is 0 Å². The number of hydrogen-bond donors (Lipinski definition) is 1. The van der Waals surface area contributed by atoms with Gasteiger partial charge in [-0.2, -0.15) is 0 Å². The minimum absolute atomic E-state index is 0.0373. The predicted octanol–water partition coefficient (Wildman–Crippen LogP) is 3.30. The highest BCUT2D eigenvalue weighted by atomic mass is 16.5. The fraction of sp³-hybridized carbons (Fsp3) is 0.833. The molecule has 1 N–H and O–H groups in total. The van der Waals surface area contributed by atoms with Gasteiger partial charge in [0.1, 0.15) is 0 Å². The maximum atomic E-state index is 11.4. The third-order valence-electron chi connectivity index (χ3n) is 3.82. The molecule has 4 heteroatoms. The molecular formula is C18H33NO3. The van der Waals surface area contributed by atoms with Crippen LogP contribution >= 0.6 is 0 Å². The molecule has 0 aromatic rings. The molecule has 0 fully saturated rings. The molecule has 0 bridgehead atoms. The number of terminal acetylenes is 1. The van der Waals surface area contributed by atoms with Gasteiger partial charge in [0, 0.05) is 13.5 Å². The van der Waals surface area contributed by atoms with Gasteiger partial charge in [-0.05, 0) is 47.0 Å². The molecule has 0 atom stereocenters. The van der Waals surface area contributed by atoms with Crippen LogP contribution in [0.1, 0.15) is 66.2 Å². The van der Waals surface area contributed by atoms with Crippen LogP contribution in [-0.4, -0.2) is 37.4 Å². The lowest BCUT2D eigenvalue weighted by Crippen LogP contribution is -2.30. The average Bonchev–Trinajstić information content (AvgIpc) is 2.44. The van der Waals surface area contributed by atoms with Crippen LogP contribution in [0.3, 0.4) is 0 Å². The fourth-order valence-corrected chi connectivity index (χ4v) is 2.00. The number of amides is 1. The van der Waals surface area contributed by atoms with E-state index < -0.39 is 0 Å². The first-order valence-corrected chi connectivity index (χ1v) is 8.12. The van der Waals surface area contributed by atoms with E-state index in [0.29, 0.717) is 19.6 Å². The Morgan fingerprint density at radius 1 is 1.09 bits per heavy atom. The molecule has 0 radical (unpaired) electrons. The summed E-state index contributed by atoms with van der Waals surface area (Å²) in [5, 5.41) is 2.68. The zero-order valence-electron chi connectivity index (χ0n) is 15.0. The van der Waals surface area contributed by atoms with Crippen LogP contribution in [-0.2, 0) is 14.3 Å². The number of hydrogen-bond acceptors (Lipinski definition) is 3. The third-order valence-corrected chi connectivity index (χ3v) is 3.82. The van der Waals surface area contributed by atoms with E-state index in [-0.39, 0.29) is 17.1 Å². The lowest BCUT2D eigenvalue weighted by Gasteiger charge is -2.29. The van der Waals surface area contributed by atoms with Crippen molar-refractivity contribution in [2.75, 3.05) is 20.3 Å². The first kappa shape index (κ1) is 20.9. The molecule has 1 amide bonds. The van der Waals surface area contributed by atoms with E-state index in [2.05, 4.69) is 38.9 Å². The van der Waals surface area contributed by atoms with Crippen LogP contribution in [0, 0.1) is 12.3 Å². The Bertz CT molecular complexity index is 356. The fourth-order valence-electron chi connectivity index (χ4n) is 2.00. The van der Waals surface area contributed by atoms with Gasteiger partial charge in [-0.15, -0.1) is 6.42 Å². The van der Waals surface area contributed by atoms with Gasteiger partial charge in [-0.1, -0.05) is 18.8 Å². The molecule has 0 rings (SSSR count). The maximum Gasteiger partial charge on any atom is 0.220 e. The number of carbonyl (C=O) groups is 1. The summed E-state index contributed by atoms with van der Waals surface area (Å²) in [6.07, 6.45) is 10.5. The highest BCUT2D eigenvalue weighted by Crippen LogP contribution is 2.21. The summed E-state index contributed by atoms with van der Waals surface area (Å²) < 4.78 is 11.4. The summed E-state index contributed by atoms with van der Waals surface area (Å²) >= 11 is 0. The molecule has 128 valence electrons. The number of nitrogens with one attached hydrogen (secondary N) is 1. The van der Waals surface area contributed by atoms with E-state index in [9.17, 15) is 4.79 Å².